The molecule has 1 heterocycles. The maximum Gasteiger partial charge on any atom is 0.0751 e. The van der Waals surface area contributed by atoms with Crippen LogP contribution >= 0.6 is 0 Å². The number of aromatic nitrogens is 1. The van der Waals surface area contributed by atoms with Crippen LogP contribution in [0, 0.1) is 12.8 Å². The standard InChI is InChI=1S/C16H20N2O/c1-12-3-2-4-14-15(7-8-18-16(12)14)17-9-10-19-11-13-5-6-13/h2-4,7-8,13H,5-6,9-11H2,1H3,(H,17,18). The number of nitrogens with zero attached hydrogens (tertiary/aromatic N) is 1. The molecule has 0 aliphatic heterocycles. The molecule has 1 fully saturated rings. The van der Waals surface area contributed by atoms with Crippen LogP contribution in [0.5, 0.6) is 0 Å². The van der Waals surface area contributed by atoms with E-state index in [0.29, 0.717) is 0 Å². The molecule has 19 heavy (non-hydrogen) atoms. The van der Waals surface area contributed by atoms with Gasteiger partial charge in [-0.15, -0.1) is 0 Å². The molecule has 1 aromatic carbocycles. The number of rotatable bonds is 6. The number of hydrogen-bond acceptors (Lipinski definition) is 3. The van der Waals surface area contributed by atoms with Crippen LogP contribution in [0.25, 0.3) is 10.9 Å². The van der Waals surface area contributed by atoms with Gasteiger partial charge in [0.25, 0.3) is 0 Å². The highest BCUT2D eigenvalue weighted by Gasteiger charge is 2.20. The monoisotopic (exact) mass is 256 g/mol. The maximum absolute atomic E-state index is 5.64. The molecule has 1 N–H and O–H groups in total. The van der Waals surface area contributed by atoms with Crippen LogP contribution in [0.2, 0.25) is 0 Å². The number of benzene rings is 1. The summed E-state index contributed by atoms with van der Waals surface area (Å²) in [6.45, 7) is 4.64. The summed E-state index contributed by atoms with van der Waals surface area (Å²) in [5.41, 5.74) is 3.43. The maximum atomic E-state index is 5.64. The fraction of sp³-hybridized carbons (Fsp3) is 0.438. The van der Waals surface area contributed by atoms with Crippen molar-refractivity contribution in [2.45, 2.75) is 19.8 Å². The molecule has 0 bridgehead atoms. The molecule has 0 unspecified atom stereocenters. The average Bonchev–Trinajstić information content (AvgIpc) is 3.23. The predicted octanol–water partition coefficient (Wildman–Crippen LogP) is 3.38. The van der Waals surface area contributed by atoms with Gasteiger partial charge in [0.05, 0.1) is 12.1 Å². The Morgan fingerprint density at radius 3 is 3.05 bits per heavy atom. The Balaban J connectivity index is 1.61. The molecular weight excluding hydrogens is 236 g/mol. The van der Waals surface area contributed by atoms with Crippen molar-refractivity contribution in [3.63, 3.8) is 0 Å². The van der Waals surface area contributed by atoms with Crippen LogP contribution in [-0.4, -0.2) is 24.7 Å². The highest BCUT2D eigenvalue weighted by Crippen LogP contribution is 2.28. The normalized spacial score (nSPS) is 14.8. The molecule has 1 aliphatic rings. The zero-order chi connectivity index (χ0) is 13.1. The molecule has 1 aliphatic carbocycles. The van der Waals surface area contributed by atoms with E-state index in [2.05, 4.69) is 35.4 Å². The van der Waals surface area contributed by atoms with Crippen molar-refractivity contribution in [2.24, 2.45) is 5.92 Å². The number of nitrogens with one attached hydrogen (secondary N) is 1. The first-order chi connectivity index (χ1) is 9.34. The largest absolute Gasteiger partial charge is 0.382 e. The lowest BCUT2D eigenvalue weighted by Gasteiger charge is -2.10. The van der Waals surface area contributed by atoms with Gasteiger partial charge in [-0.2, -0.15) is 0 Å². The molecule has 3 nitrogen and oxygen atoms in total. The van der Waals surface area contributed by atoms with Gasteiger partial charge in [-0.25, -0.2) is 0 Å². The zero-order valence-electron chi connectivity index (χ0n) is 11.4. The number of anilines is 1. The summed E-state index contributed by atoms with van der Waals surface area (Å²) in [7, 11) is 0. The highest BCUT2D eigenvalue weighted by atomic mass is 16.5. The van der Waals surface area contributed by atoms with E-state index in [1.54, 1.807) is 0 Å². The number of hydrogen-bond donors (Lipinski definition) is 1. The van der Waals surface area contributed by atoms with Crippen molar-refractivity contribution >= 4 is 16.6 Å². The molecule has 1 saturated carbocycles. The van der Waals surface area contributed by atoms with E-state index in [9.17, 15) is 0 Å². The van der Waals surface area contributed by atoms with Crippen LogP contribution in [0.4, 0.5) is 5.69 Å². The van der Waals surface area contributed by atoms with Gasteiger partial charge in [-0.1, -0.05) is 18.2 Å². The Kier molecular flexibility index (Phi) is 3.65. The van der Waals surface area contributed by atoms with E-state index in [4.69, 9.17) is 4.74 Å². The van der Waals surface area contributed by atoms with Gasteiger partial charge < -0.3 is 10.1 Å². The zero-order valence-corrected chi connectivity index (χ0v) is 11.4. The van der Waals surface area contributed by atoms with Crippen molar-refractivity contribution in [2.75, 3.05) is 25.1 Å². The fourth-order valence-corrected chi connectivity index (χ4v) is 2.27. The van der Waals surface area contributed by atoms with Gasteiger partial charge >= 0.3 is 0 Å². The minimum absolute atomic E-state index is 0.770. The van der Waals surface area contributed by atoms with E-state index >= 15 is 0 Å². The number of fused-ring (bicyclic) bond motifs is 1. The van der Waals surface area contributed by atoms with Crippen molar-refractivity contribution in [1.82, 2.24) is 4.98 Å². The third-order valence-electron chi connectivity index (χ3n) is 3.59. The topological polar surface area (TPSA) is 34.1 Å². The molecule has 3 rings (SSSR count). The molecule has 0 radical (unpaired) electrons. The summed E-state index contributed by atoms with van der Waals surface area (Å²) >= 11 is 0. The molecule has 100 valence electrons. The molecule has 2 aromatic rings. The van der Waals surface area contributed by atoms with Crippen molar-refractivity contribution in [1.29, 1.82) is 0 Å². The van der Waals surface area contributed by atoms with E-state index in [1.807, 2.05) is 12.3 Å². The minimum Gasteiger partial charge on any atom is -0.382 e. The molecule has 0 amide bonds. The van der Waals surface area contributed by atoms with Gasteiger partial charge in [0.15, 0.2) is 0 Å². The molecule has 1 aromatic heterocycles. The molecule has 0 saturated heterocycles. The number of aryl methyl sites for hydroxylation is 1. The SMILES string of the molecule is Cc1cccc2c(NCCOCC3CC3)ccnc12. The second-order valence-electron chi connectivity index (χ2n) is 5.27. The number of ether oxygens (including phenoxy) is 1. The van der Waals surface area contributed by atoms with E-state index in [-0.39, 0.29) is 0 Å². The fourth-order valence-electron chi connectivity index (χ4n) is 2.27. The molecule has 0 atom stereocenters. The Morgan fingerprint density at radius 2 is 2.21 bits per heavy atom. The Morgan fingerprint density at radius 1 is 1.32 bits per heavy atom. The van der Waals surface area contributed by atoms with E-state index in [0.717, 1.165) is 36.9 Å². The van der Waals surface area contributed by atoms with Crippen LogP contribution < -0.4 is 5.32 Å². The Labute approximate surface area is 114 Å². The van der Waals surface area contributed by atoms with Crippen LogP contribution in [0.3, 0.4) is 0 Å². The van der Waals surface area contributed by atoms with Gasteiger partial charge in [0.2, 0.25) is 0 Å². The van der Waals surface area contributed by atoms with Gasteiger partial charge in [0.1, 0.15) is 0 Å². The molecule has 0 spiro atoms. The average molecular weight is 256 g/mol. The summed E-state index contributed by atoms with van der Waals surface area (Å²) < 4.78 is 5.64. The number of para-hydroxylation sites is 1. The second-order valence-corrected chi connectivity index (χ2v) is 5.27. The summed E-state index contributed by atoms with van der Waals surface area (Å²) in [4.78, 5) is 4.45. The van der Waals surface area contributed by atoms with E-state index in [1.165, 1.54) is 23.8 Å². The lowest BCUT2D eigenvalue weighted by atomic mass is 10.1. The smallest absolute Gasteiger partial charge is 0.0751 e. The van der Waals surface area contributed by atoms with Gasteiger partial charge in [0, 0.05) is 30.4 Å². The lowest BCUT2D eigenvalue weighted by molar-refractivity contribution is 0.134. The van der Waals surface area contributed by atoms with Crippen molar-refractivity contribution in [3.8, 4) is 0 Å². The first kappa shape index (κ1) is 12.4. The first-order valence-corrected chi connectivity index (χ1v) is 7.00. The van der Waals surface area contributed by atoms with Crippen LogP contribution in [-0.2, 0) is 4.74 Å². The summed E-state index contributed by atoms with van der Waals surface area (Å²) in [6.07, 6.45) is 4.56. The predicted molar refractivity (Wildman–Crippen MR) is 78.5 cm³/mol. The quantitative estimate of drug-likeness (QED) is 0.804. The van der Waals surface area contributed by atoms with Crippen LogP contribution in [0.15, 0.2) is 30.5 Å². The van der Waals surface area contributed by atoms with E-state index < -0.39 is 0 Å². The summed E-state index contributed by atoms with van der Waals surface area (Å²) in [6, 6.07) is 8.32. The summed E-state index contributed by atoms with van der Waals surface area (Å²) in [5, 5.41) is 4.63. The number of pyridine rings is 1. The van der Waals surface area contributed by atoms with Crippen molar-refractivity contribution in [3.05, 3.63) is 36.0 Å². The summed E-state index contributed by atoms with van der Waals surface area (Å²) in [5.74, 6) is 0.837. The Hall–Kier alpha value is -1.61. The first-order valence-electron chi connectivity index (χ1n) is 7.00. The third-order valence-corrected chi connectivity index (χ3v) is 3.59. The Bertz CT molecular complexity index is 564. The molecular formula is C16H20N2O. The second kappa shape index (κ2) is 5.57. The lowest BCUT2D eigenvalue weighted by Crippen LogP contribution is -2.11. The van der Waals surface area contributed by atoms with Crippen LogP contribution in [0.1, 0.15) is 18.4 Å². The highest BCUT2D eigenvalue weighted by molar-refractivity contribution is 5.92. The third kappa shape index (κ3) is 3.04. The van der Waals surface area contributed by atoms with Crippen molar-refractivity contribution < 1.29 is 4.74 Å². The molecule has 3 heteroatoms. The minimum atomic E-state index is 0.770. The van der Waals surface area contributed by atoms with Gasteiger partial charge in [-0.05, 0) is 37.3 Å². The van der Waals surface area contributed by atoms with Gasteiger partial charge in [-0.3, -0.25) is 4.98 Å².